The molecular formula is C14H18N2O2S. The number of hydrogen-bond acceptors (Lipinski definition) is 4. The third-order valence-electron chi connectivity index (χ3n) is 3.02. The molecular weight excluding hydrogens is 260 g/mol. The van der Waals surface area contributed by atoms with Gasteiger partial charge >= 0.3 is 5.97 Å². The minimum absolute atomic E-state index is 0.0964. The maximum absolute atomic E-state index is 10.6. The van der Waals surface area contributed by atoms with Crippen LogP contribution in [0.4, 0.5) is 0 Å². The van der Waals surface area contributed by atoms with Gasteiger partial charge < -0.3 is 10.8 Å². The molecule has 5 heteroatoms. The molecule has 0 aliphatic heterocycles. The number of hydrogen-bond donors (Lipinski definition) is 2. The average Bonchev–Trinajstić information content (AvgIpc) is 2.78. The Balaban J connectivity index is 2.23. The average molecular weight is 278 g/mol. The molecule has 0 saturated heterocycles. The third kappa shape index (κ3) is 3.30. The van der Waals surface area contributed by atoms with Gasteiger partial charge in [0.05, 0.1) is 15.2 Å². The van der Waals surface area contributed by atoms with Crippen molar-refractivity contribution in [3.8, 4) is 0 Å². The number of carboxylic acids is 1. The number of fused-ring (bicyclic) bond motifs is 1. The predicted octanol–water partition coefficient (Wildman–Crippen LogP) is 3.28. The number of benzene rings is 1. The number of thiazole rings is 1. The van der Waals surface area contributed by atoms with Gasteiger partial charge in [-0.2, -0.15) is 0 Å². The summed E-state index contributed by atoms with van der Waals surface area (Å²) in [7, 11) is 0. The van der Waals surface area contributed by atoms with Crippen LogP contribution in [0.25, 0.3) is 10.2 Å². The highest BCUT2D eigenvalue weighted by molar-refractivity contribution is 7.18. The first-order chi connectivity index (χ1) is 8.97. The van der Waals surface area contributed by atoms with Crippen molar-refractivity contribution in [3.05, 3.63) is 28.8 Å². The second kappa shape index (κ2) is 5.67. The third-order valence-corrected chi connectivity index (χ3v) is 4.34. The Hall–Kier alpha value is -1.46. The minimum atomic E-state index is -0.809. The van der Waals surface area contributed by atoms with E-state index in [4.69, 9.17) is 10.8 Å². The van der Waals surface area contributed by atoms with E-state index >= 15 is 0 Å². The summed E-state index contributed by atoms with van der Waals surface area (Å²) in [4.78, 5) is 15.1. The monoisotopic (exact) mass is 278 g/mol. The molecule has 0 spiro atoms. The predicted molar refractivity (Wildman–Crippen MR) is 77.5 cm³/mol. The van der Waals surface area contributed by atoms with Crippen LogP contribution in [0.15, 0.2) is 18.2 Å². The maximum atomic E-state index is 10.6. The van der Waals surface area contributed by atoms with Crippen molar-refractivity contribution in [3.63, 3.8) is 0 Å². The highest BCUT2D eigenvalue weighted by Crippen LogP contribution is 2.29. The number of nitrogens with two attached hydrogens (primary N) is 1. The topological polar surface area (TPSA) is 76.2 Å². The number of carboxylic acid groups (broad SMARTS) is 1. The Kier molecular flexibility index (Phi) is 4.17. The quantitative estimate of drug-likeness (QED) is 0.880. The fourth-order valence-electron chi connectivity index (χ4n) is 1.88. The minimum Gasteiger partial charge on any atom is -0.481 e. The summed E-state index contributed by atoms with van der Waals surface area (Å²) in [6, 6.07) is 5.71. The van der Waals surface area contributed by atoms with E-state index in [1.807, 2.05) is 18.2 Å². The molecule has 0 amide bonds. The van der Waals surface area contributed by atoms with Crippen LogP contribution in [-0.4, -0.2) is 16.1 Å². The number of aliphatic carboxylic acids is 1. The van der Waals surface area contributed by atoms with Crippen LogP contribution in [0.5, 0.6) is 0 Å². The standard InChI is InChI=1S/C14H18N2O2S/c1-8(2)14-16-11-5-3-9(7-12(11)19-14)10(15)4-6-13(17)18/h3,5,7-8,10H,4,6,15H2,1-2H3,(H,17,18). The van der Waals surface area contributed by atoms with E-state index < -0.39 is 5.97 Å². The molecule has 0 bridgehead atoms. The lowest BCUT2D eigenvalue weighted by Gasteiger charge is -2.10. The molecule has 2 aromatic rings. The van der Waals surface area contributed by atoms with E-state index in [9.17, 15) is 4.79 Å². The molecule has 2 rings (SSSR count). The molecule has 0 aliphatic carbocycles. The first-order valence-electron chi connectivity index (χ1n) is 6.35. The summed E-state index contributed by atoms with van der Waals surface area (Å²) in [5.74, 6) is -0.391. The molecule has 3 N–H and O–H groups in total. The molecule has 1 heterocycles. The van der Waals surface area contributed by atoms with Gasteiger partial charge in [0.1, 0.15) is 0 Å². The molecule has 1 aromatic carbocycles. The zero-order valence-electron chi connectivity index (χ0n) is 11.1. The Bertz CT molecular complexity index is 592. The summed E-state index contributed by atoms with van der Waals surface area (Å²) >= 11 is 1.68. The van der Waals surface area contributed by atoms with E-state index in [0.717, 1.165) is 20.8 Å². The van der Waals surface area contributed by atoms with Gasteiger partial charge in [-0.25, -0.2) is 4.98 Å². The van der Waals surface area contributed by atoms with Gasteiger partial charge in [0.2, 0.25) is 0 Å². The summed E-state index contributed by atoms with van der Waals surface area (Å²) in [5, 5.41) is 9.80. The fraction of sp³-hybridized carbons (Fsp3) is 0.429. The Morgan fingerprint density at radius 3 is 2.84 bits per heavy atom. The zero-order chi connectivity index (χ0) is 14.0. The summed E-state index contributed by atoms with van der Waals surface area (Å²) in [6.07, 6.45) is 0.551. The van der Waals surface area contributed by atoms with Gasteiger partial charge in [0.25, 0.3) is 0 Å². The van der Waals surface area contributed by atoms with Crippen molar-refractivity contribution in [1.29, 1.82) is 0 Å². The van der Waals surface area contributed by atoms with E-state index in [1.165, 1.54) is 0 Å². The number of carbonyl (C=O) groups is 1. The van der Waals surface area contributed by atoms with E-state index in [-0.39, 0.29) is 12.5 Å². The van der Waals surface area contributed by atoms with Crippen LogP contribution in [0.3, 0.4) is 0 Å². The van der Waals surface area contributed by atoms with Crippen molar-refractivity contribution in [2.45, 2.75) is 38.6 Å². The van der Waals surface area contributed by atoms with Gasteiger partial charge in [-0.15, -0.1) is 11.3 Å². The smallest absolute Gasteiger partial charge is 0.303 e. The molecule has 4 nitrogen and oxygen atoms in total. The molecule has 0 aliphatic rings. The molecule has 1 unspecified atom stereocenters. The Labute approximate surface area is 116 Å². The summed E-state index contributed by atoms with van der Waals surface area (Å²) < 4.78 is 1.12. The summed E-state index contributed by atoms with van der Waals surface area (Å²) in [5.41, 5.74) is 7.99. The molecule has 0 fully saturated rings. The molecule has 102 valence electrons. The van der Waals surface area contributed by atoms with Gasteiger partial charge in [-0.05, 0) is 24.1 Å². The van der Waals surface area contributed by atoms with E-state index in [0.29, 0.717) is 12.3 Å². The lowest BCUT2D eigenvalue weighted by Crippen LogP contribution is -2.12. The van der Waals surface area contributed by atoms with Crippen LogP contribution >= 0.6 is 11.3 Å². The largest absolute Gasteiger partial charge is 0.481 e. The molecule has 1 atom stereocenters. The molecule has 19 heavy (non-hydrogen) atoms. The highest BCUT2D eigenvalue weighted by atomic mass is 32.1. The second-order valence-corrected chi connectivity index (χ2v) is 6.04. The van der Waals surface area contributed by atoms with Crippen LogP contribution in [0, 0.1) is 0 Å². The van der Waals surface area contributed by atoms with Crippen LogP contribution in [-0.2, 0) is 4.79 Å². The number of aromatic nitrogens is 1. The SMILES string of the molecule is CC(C)c1nc2ccc(C(N)CCC(=O)O)cc2s1. The van der Waals surface area contributed by atoms with Crippen molar-refractivity contribution < 1.29 is 9.90 Å². The van der Waals surface area contributed by atoms with E-state index in [2.05, 4.69) is 18.8 Å². The van der Waals surface area contributed by atoms with Gasteiger partial charge in [-0.1, -0.05) is 19.9 Å². The van der Waals surface area contributed by atoms with Crippen molar-refractivity contribution in [1.82, 2.24) is 4.98 Å². The zero-order valence-corrected chi connectivity index (χ0v) is 11.9. The fourth-order valence-corrected chi connectivity index (χ4v) is 2.90. The second-order valence-electron chi connectivity index (χ2n) is 4.97. The molecule has 0 saturated carbocycles. The van der Waals surface area contributed by atoms with Gasteiger partial charge in [0.15, 0.2) is 0 Å². The normalized spacial score (nSPS) is 13.1. The Morgan fingerprint density at radius 1 is 1.47 bits per heavy atom. The first kappa shape index (κ1) is 14.0. The van der Waals surface area contributed by atoms with Crippen molar-refractivity contribution in [2.24, 2.45) is 5.73 Å². The van der Waals surface area contributed by atoms with Gasteiger partial charge in [-0.3, -0.25) is 4.79 Å². The van der Waals surface area contributed by atoms with Crippen molar-refractivity contribution in [2.75, 3.05) is 0 Å². The number of rotatable bonds is 5. The van der Waals surface area contributed by atoms with Gasteiger partial charge in [0, 0.05) is 18.4 Å². The van der Waals surface area contributed by atoms with Crippen LogP contribution < -0.4 is 5.73 Å². The first-order valence-corrected chi connectivity index (χ1v) is 7.16. The lowest BCUT2D eigenvalue weighted by atomic mass is 10.0. The molecule has 1 aromatic heterocycles. The lowest BCUT2D eigenvalue weighted by molar-refractivity contribution is -0.137. The Morgan fingerprint density at radius 2 is 2.21 bits per heavy atom. The number of nitrogens with zero attached hydrogens (tertiary/aromatic N) is 1. The summed E-state index contributed by atoms with van der Waals surface area (Å²) in [6.45, 7) is 4.24. The van der Waals surface area contributed by atoms with Crippen molar-refractivity contribution >= 4 is 27.5 Å². The van der Waals surface area contributed by atoms with Crippen LogP contribution in [0.2, 0.25) is 0 Å². The molecule has 0 radical (unpaired) electrons. The maximum Gasteiger partial charge on any atom is 0.303 e. The van der Waals surface area contributed by atoms with Crippen LogP contribution in [0.1, 0.15) is 49.2 Å². The van der Waals surface area contributed by atoms with E-state index in [1.54, 1.807) is 11.3 Å². The highest BCUT2D eigenvalue weighted by Gasteiger charge is 2.12.